The van der Waals surface area contributed by atoms with E-state index in [0.29, 0.717) is 12.0 Å². The zero-order valence-corrected chi connectivity index (χ0v) is 18.7. The number of imidazole rings is 1. The number of aromatic nitrogens is 3. The Bertz CT molecular complexity index is 1320. The summed E-state index contributed by atoms with van der Waals surface area (Å²) in [6, 6.07) is 17.5. The molecule has 0 bridgehead atoms. The van der Waals surface area contributed by atoms with Crippen molar-refractivity contribution in [3.05, 3.63) is 89.6 Å². The molecule has 2 aromatic heterocycles. The first-order chi connectivity index (χ1) is 15.9. The van der Waals surface area contributed by atoms with Crippen molar-refractivity contribution in [2.24, 2.45) is 5.73 Å². The van der Waals surface area contributed by atoms with Crippen molar-refractivity contribution in [3.63, 3.8) is 0 Å². The summed E-state index contributed by atoms with van der Waals surface area (Å²) in [4.78, 5) is 27.2. The summed E-state index contributed by atoms with van der Waals surface area (Å²) < 4.78 is 4.13. The van der Waals surface area contributed by atoms with E-state index >= 15 is 0 Å². The zero-order chi connectivity index (χ0) is 23.5. The second kappa shape index (κ2) is 9.16. The summed E-state index contributed by atoms with van der Waals surface area (Å²) in [5.41, 5.74) is 11.5. The average molecular weight is 443 g/mol. The predicted molar refractivity (Wildman–Crippen MR) is 127 cm³/mol. The molecular formula is C26H26N4O3. The monoisotopic (exact) mass is 442 g/mol. The van der Waals surface area contributed by atoms with Gasteiger partial charge < -0.3 is 20.0 Å². The van der Waals surface area contributed by atoms with Crippen molar-refractivity contribution in [3.8, 4) is 22.6 Å². The molecule has 4 rings (SSSR count). The fourth-order valence-corrected chi connectivity index (χ4v) is 4.10. The molecule has 1 amide bonds. The van der Waals surface area contributed by atoms with Crippen molar-refractivity contribution in [2.75, 3.05) is 0 Å². The van der Waals surface area contributed by atoms with Gasteiger partial charge in [0.2, 0.25) is 5.91 Å². The lowest BCUT2D eigenvalue weighted by Gasteiger charge is -2.17. The van der Waals surface area contributed by atoms with E-state index in [1.807, 2.05) is 43.5 Å². The predicted octanol–water partition coefficient (Wildman–Crippen LogP) is 4.32. The molecule has 0 atom stereocenters. The van der Waals surface area contributed by atoms with E-state index in [1.54, 1.807) is 18.3 Å². The van der Waals surface area contributed by atoms with E-state index < -0.39 is 11.9 Å². The maximum absolute atomic E-state index is 11.6. The summed E-state index contributed by atoms with van der Waals surface area (Å²) in [6.07, 6.45) is 5.00. The van der Waals surface area contributed by atoms with Crippen molar-refractivity contribution < 1.29 is 14.7 Å². The van der Waals surface area contributed by atoms with E-state index in [0.717, 1.165) is 46.1 Å². The SMILES string of the molecule is CCc1nccn1-c1ccc(-c2ccc(CCC(=O)O)n2-c2ccc(C(N)=O)cc2C)cc1. The third-order valence-corrected chi connectivity index (χ3v) is 5.75. The molecule has 0 aliphatic heterocycles. The van der Waals surface area contributed by atoms with Crippen molar-refractivity contribution in [1.29, 1.82) is 0 Å². The van der Waals surface area contributed by atoms with Crippen LogP contribution >= 0.6 is 0 Å². The number of nitrogens with two attached hydrogens (primary N) is 1. The number of aryl methyl sites for hydroxylation is 3. The number of aliphatic carboxylic acids is 1. The number of hydrogen-bond donors (Lipinski definition) is 2. The second-order valence-corrected chi connectivity index (χ2v) is 7.92. The van der Waals surface area contributed by atoms with Crippen molar-refractivity contribution >= 4 is 11.9 Å². The standard InChI is InChI=1S/C26H26N4O3/c1-3-24-28-14-15-29(24)20-7-4-18(5-8-20)23-12-9-21(10-13-25(31)32)30(23)22-11-6-19(26(27)33)16-17(22)2/h4-9,11-12,14-16H,3,10,13H2,1-2H3,(H2,27,33)(H,31,32). The highest BCUT2D eigenvalue weighted by atomic mass is 16.4. The lowest BCUT2D eigenvalue weighted by atomic mass is 10.1. The summed E-state index contributed by atoms with van der Waals surface area (Å²) in [5.74, 6) is -0.334. The Morgan fingerprint density at radius 2 is 1.82 bits per heavy atom. The van der Waals surface area contributed by atoms with E-state index in [9.17, 15) is 14.7 Å². The second-order valence-electron chi connectivity index (χ2n) is 7.92. The lowest BCUT2D eigenvalue weighted by molar-refractivity contribution is -0.136. The van der Waals surface area contributed by atoms with Crippen molar-refractivity contribution in [2.45, 2.75) is 33.1 Å². The molecule has 7 heteroatoms. The van der Waals surface area contributed by atoms with Gasteiger partial charge in [0.1, 0.15) is 5.82 Å². The van der Waals surface area contributed by atoms with Crippen LogP contribution in [0.5, 0.6) is 0 Å². The Kier molecular flexibility index (Phi) is 6.13. The van der Waals surface area contributed by atoms with Crippen LogP contribution in [0.2, 0.25) is 0 Å². The largest absolute Gasteiger partial charge is 0.481 e. The quantitative estimate of drug-likeness (QED) is 0.424. The Balaban J connectivity index is 1.79. The van der Waals surface area contributed by atoms with E-state index in [2.05, 4.69) is 33.2 Å². The first-order valence-electron chi connectivity index (χ1n) is 10.8. The highest BCUT2D eigenvalue weighted by Crippen LogP contribution is 2.30. The lowest BCUT2D eigenvalue weighted by Crippen LogP contribution is -2.12. The average Bonchev–Trinajstić information content (AvgIpc) is 3.44. The third kappa shape index (κ3) is 4.43. The fourth-order valence-electron chi connectivity index (χ4n) is 4.10. The molecule has 4 aromatic rings. The molecule has 2 aromatic carbocycles. The maximum Gasteiger partial charge on any atom is 0.303 e. The van der Waals surface area contributed by atoms with Crippen LogP contribution in [0.1, 0.15) is 40.8 Å². The Morgan fingerprint density at radius 1 is 1.06 bits per heavy atom. The topological polar surface area (TPSA) is 103 Å². The van der Waals surface area contributed by atoms with Gasteiger partial charge in [0.15, 0.2) is 0 Å². The van der Waals surface area contributed by atoms with Gasteiger partial charge in [-0.1, -0.05) is 19.1 Å². The van der Waals surface area contributed by atoms with Crippen LogP contribution in [0.15, 0.2) is 67.0 Å². The Morgan fingerprint density at radius 3 is 2.45 bits per heavy atom. The fraction of sp³-hybridized carbons (Fsp3) is 0.192. The first-order valence-corrected chi connectivity index (χ1v) is 10.8. The summed E-state index contributed by atoms with van der Waals surface area (Å²) in [6.45, 7) is 3.99. The molecular weight excluding hydrogens is 416 g/mol. The zero-order valence-electron chi connectivity index (χ0n) is 18.7. The molecule has 2 heterocycles. The molecule has 0 unspecified atom stereocenters. The maximum atomic E-state index is 11.6. The number of carboxylic acids is 1. The molecule has 7 nitrogen and oxygen atoms in total. The van der Waals surface area contributed by atoms with Crippen molar-refractivity contribution in [1.82, 2.24) is 14.1 Å². The molecule has 0 aliphatic carbocycles. The van der Waals surface area contributed by atoms with Crippen LogP contribution < -0.4 is 5.73 Å². The number of rotatable bonds is 8. The number of primary amides is 1. The number of benzene rings is 2. The van der Waals surface area contributed by atoms with Crippen LogP contribution in [0, 0.1) is 6.92 Å². The van der Waals surface area contributed by atoms with Crippen LogP contribution in [0.4, 0.5) is 0 Å². The minimum absolute atomic E-state index is 0.0290. The van der Waals surface area contributed by atoms with Gasteiger partial charge in [-0.05, 0) is 66.9 Å². The van der Waals surface area contributed by atoms with E-state index in [4.69, 9.17) is 5.73 Å². The van der Waals surface area contributed by atoms with Crippen LogP contribution in [0.25, 0.3) is 22.6 Å². The molecule has 0 saturated carbocycles. The van der Waals surface area contributed by atoms with Gasteiger partial charge >= 0.3 is 5.97 Å². The van der Waals surface area contributed by atoms with Gasteiger partial charge in [0, 0.05) is 41.4 Å². The van der Waals surface area contributed by atoms with Gasteiger partial charge in [-0.25, -0.2) is 4.98 Å². The minimum atomic E-state index is -0.846. The number of nitrogens with zero attached hydrogens (tertiary/aromatic N) is 3. The van der Waals surface area contributed by atoms with Gasteiger partial charge in [-0.3, -0.25) is 9.59 Å². The Hall–Kier alpha value is -4.13. The highest BCUT2D eigenvalue weighted by molar-refractivity contribution is 5.93. The molecule has 0 fully saturated rings. The van der Waals surface area contributed by atoms with Gasteiger partial charge in [0.25, 0.3) is 0 Å². The normalized spacial score (nSPS) is 11.0. The van der Waals surface area contributed by atoms with Gasteiger partial charge in [-0.2, -0.15) is 0 Å². The first kappa shape index (κ1) is 22.1. The summed E-state index contributed by atoms with van der Waals surface area (Å²) in [5, 5.41) is 9.21. The smallest absolute Gasteiger partial charge is 0.303 e. The molecule has 168 valence electrons. The molecule has 3 N–H and O–H groups in total. The number of hydrogen-bond acceptors (Lipinski definition) is 3. The minimum Gasteiger partial charge on any atom is -0.481 e. The van der Waals surface area contributed by atoms with Gasteiger partial charge in [-0.15, -0.1) is 0 Å². The number of carbonyl (C=O) groups excluding carboxylic acids is 1. The van der Waals surface area contributed by atoms with Crippen LogP contribution in [-0.4, -0.2) is 31.1 Å². The molecule has 0 radical (unpaired) electrons. The summed E-state index contributed by atoms with van der Waals surface area (Å²) >= 11 is 0. The Labute approximate surface area is 192 Å². The molecule has 33 heavy (non-hydrogen) atoms. The van der Waals surface area contributed by atoms with E-state index in [-0.39, 0.29) is 6.42 Å². The molecule has 0 spiro atoms. The molecule has 0 saturated heterocycles. The van der Waals surface area contributed by atoms with E-state index in [1.165, 1.54) is 0 Å². The highest BCUT2D eigenvalue weighted by Gasteiger charge is 2.16. The number of carboxylic acid groups (broad SMARTS) is 1. The third-order valence-electron chi connectivity index (χ3n) is 5.75. The summed E-state index contributed by atoms with van der Waals surface area (Å²) in [7, 11) is 0. The van der Waals surface area contributed by atoms with Gasteiger partial charge in [0.05, 0.1) is 12.1 Å². The van der Waals surface area contributed by atoms with Crippen LogP contribution in [-0.2, 0) is 17.6 Å². The number of carbonyl (C=O) groups is 2. The number of amides is 1. The van der Waals surface area contributed by atoms with Crippen LogP contribution in [0.3, 0.4) is 0 Å². The molecule has 0 aliphatic rings.